The maximum Gasteiger partial charge on any atom is -0.0125 e. The molecule has 10 aromatic rings. The monoisotopic (exact) mass is 859 g/mol. The van der Waals surface area contributed by atoms with Crippen LogP contribution in [-0.2, 0) is 0 Å². The van der Waals surface area contributed by atoms with Gasteiger partial charge >= 0.3 is 0 Å². The fourth-order valence-electron chi connectivity index (χ4n) is 8.46. The van der Waals surface area contributed by atoms with Crippen LogP contribution in [-0.4, -0.2) is 0 Å². The third kappa shape index (κ3) is 13.6. The van der Waals surface area contributed by atoms with Crippen molar-refractivity contribution in [3.8, 4) is 33.4 Å². The number of rotatable bonds is 3. The van der Waals surface area contributed by atoms with Gasteiger partial charge in [-0.1, -0.05) is 246 Å². The van der Waals surface area contributed by atoms with Crippen molar-refractivity contribution < 1.29 is 0 Å². The molecule has 0 aliphatic heterocycles. The molecule has 0 heteroatoms. The number of fused-ring (bicyclic) bond motifs is 2. The van der Waals surface area contributed by atoms with E-state index in [9.17, 15) is 0 Å². The molecule has 0 amide bonds. The fourth-order valence-corrected chi connectivity index (χ4v) is 8.46. The Morgan fingerprint density at radius 1 is 0.212 bits per heavy atom. The smallest absolute Gasteiger partial charge is 0.0125 e. The lowest BCUT2D eigenvalue weighted by Crippen LogP contribution is -1.86. The van der Waals surface area contributed by atoms with Gasteiger partial charge < -0.3 is 0 Å². The number of benzene rings is 10. The molecule has 0 N–H and O–H groups in total. The van der Waals surface area contributed by atoms with Crippen LogP contribution in [0.15, 0.2) is 218 Å². The third-order valence-corrected chi connectivity index (χ3v) is 11.9. The summed E-state index contributed by atoms with van der Waals surface area (Å²) >= 11 is 0. The second-order valence-corrected chi connectivity index (χ2v) is 17.7. The van der Waals surface area contributed by atoms with Crippen molar-refractivity contribution in [1.82, 2.24) is 0 Å². The summed E-state index contributed by atoms with van der Waals surface area (Å²) < 4.78 is 0. The first-order valence-electron chi connectivity index (χ1n) is 23.2. The van der Waals surface area contributed by atoms with Crippen LogP contribution >= 0.6 is 0 Å². The molecule has 0 fully saturated rings. The summed E-state index contributed by atoms with van der Waals surface area (Å²) in [7, 11) is 0. The Bertz CT molecular complexity index is 2990. The molecule has 330 valence electrons. The lowest BCUT2D eigenvalue weighted by Gasteiger charge is -2.09. The topological polar surface area (TPSA) is 0 Å². The van der Waals surface area contributed by atoms with Crippen molar-refractivity contribution in [3.63, 3.8) is 0 Å². The zero-order chi connectivity index (χ0) is 47.0. The van der Waals surface area contributed by atoms with E-state index in [1.54, 1.807) is 0 Å². The molecule has 0 spiro atoms. The van der Waals surface area contributed by atoms with Crippen LogP contribution in [0.4, 0.5) is 0 Å². The minimum atomic E-state index is 1.29. The summed E-state index contributed by atoms with van der Waals surface area (Å²) in [6.07, 6.45) is 0. The van der Waals surface area contributed by atoms with Gasteiger partial charge in [-0.2, -0.15) is 0 Å². The predicted octanol–water partition coefficient (Wildman–Crippen LogP) is 18.8. The maximum absolute atomic E-state index is 2.22. The van der Waals surface area contributed by atoms with Gasteiger partial charge in [0.2, 0.25) is 0 Å². The van der Waals surface area contributed by atoms with Crippen LogP contribution in [0.3, 0.4) is 0 Å². The average molecular weight is 859 g/mol. The van der Waals surface area contributed by atoms with Gasteiger partial charge in [-0.3, -0.25) is 0 Å². The summed E-state index contributed by atoms with van der Waals surface area (Å²) in [5.41, 5.74) is 21.3. The van der Waals surface area contributed by atoms with Gasteiger partial charge in [-0.25, -0.2) is 0 Å². The lowest BCUT2D eigenvalue weighted by atomic mass is 9.96. The van der Waals surface area contributed by atoms with E-state index in [2.05, 4.69) is 282 Å². The third-order valence-electron chi connectivity index (χ3n) is 11.9. The summed E-state index contributed by atoms with van der Waals surface area (Å²) in [5, 5.41) is 5.41. The van der Waals surface area contributed by atoms with Crippen LogP contribution in [0, 0.1) is 69.2 Å². The van der Waals surface area contributed by atoms with Crippen molar-refractivity contribution in [3.05, 3.63) is 274 Å². The van der Waals surface area contributed by atoms with E-state index < -0.39 is 0 Å². The summed E-state index contributed by atoms with van der Waals surface area (Å²) in [4.78, 5) is 0. The molecule has 0 radical (unpaired) electrons. The van der Waals surface area contributed by atoms with Gasteiger partial charge in [0.1, 0.15) is 0 Å². The number of hydrogen-bond donors (Lipinski definition) is 0. The first-order valence-corrected chi connectivity index (χ1v) is 23.2. The molecule has 10 rings (SSSR count). The van der Waals surface area contributed by atoms with Gasteiger partial charge in [0, 0.05) is 0 Å². The molecule has 0 nitrogen and oxygen atoms in total. The number of hydrogen-bond acceptors (Lipinski definition) is 0. The Kier molecular flexibility index (Phi) is 17.2. The highest BCUT2D eigenvalue weighted by Crippen LogP contribution is 2.27. The fraction of sp³-hybridized carbons (Fsp3) is 0.152. The van der Waals surface area contributed by atoms with Crippen molar-refractivity contribution in [1.29, 1.82) is 0 Å². The molecule has 0 unspecified atom stereocenters. The van der Waals surface area contributed by atoms with Crippen LogP contribution in [0.1, 0.15) is 55.6 Å². The van der Waals surface area contributed by atoms with Crippen LogP contribution in [0.25, 0.3) is 54.9 Å². The van der Waals surface area contributed by atoms with Gasteiger partial charge in [-0.05, 0) is 152 Å². The highest BCUT2D eigenvalue weighted by molar-refractivity contribution is 5.88. The molecular formula is C66H66. The molecule has 0 aliphatic rings. The Morgan fingerprint density at radius 2 is 0.606 bits per heavy atom. The quantitative estimate of drug-likeness (QED) is 0.166. The molecular weight excluding hydrogens is 793 g/mol. The largest absolute Gasteiger partial charge is 0.0622 e. The van der Waals surface area contributed by atoms with Gasteiger partial charge in [0.15, 0.2) is 0 Å². The minimum Gasteiger partial charge on any atom is -0.0622 e. The van der Waals surface area contributed by atoms with Gasteiger partial charge in [-0.15, -0.1) is 0 Å². The normalized spacial score (nSPS) is 10.3. The van der Waals surface area contributed by atoms with Crippen molar-refractivity contribution >= 4 is 21.5 Å². The minimum absolute atomic E-state index is 1.29. The van der Waals surface area contributed by atoms with Crippen molar-refractivity contribution in [2.45, 2.75) is 69.2 Å². The Labute approximate surface area is 396 Å². The molecule has 0 aliphatic carbocycles. The van der Waals surface area contributed by atoms with Crippen molar-refractivity contribution in [2.75, 3.05) is 0 Å². The lowest BCUT2D eigenvalue weighted by molar-refractivity contribution is 1.38. The van der Waals surface area contributed by atoms with Crippen molar-refractivity contribution in [2.24, 2.45) is 0 Å². The molecule has 66 heavy (non-hydrogen) atoms. The van der Waals surface area contributed by atoms with E-state index in [1.807, 2.05) is 6.07 Å². The zero-order valence-corrected chi connectivity index (χ0v) is 40.8. The molecule has 10 aromatic carbocycles. The van der Waals surface area contributed by atoms with E-state index >= 15 is 0 Å². The first-order chi connectivity index (χ1) is 31.9. The maximum atomic E-state index is 2.22. The molecule has 0 saturated heterocycles. The summed E-state index contributed by atoms with van der Waals surface area (Å²) in [5.74, 6) is 0. The van der Waals surface area contributed by atoms with E-state index in [4.69, 9.17) is 0 Å². The second-order valence-electron chi connectivity index (χ2n) is 17.7. The molecule has 0 saturated carbocycles. The van der Waals surface area contributed by atoms with Crippen LogP contribution < -0.4 is 0 Å². The molecule has 0 heterocycles. The standard InChI is InChI=1S/3C14H14.2C12H12/c1-11-6-5-8-13(10-11)14-9-4-3-7-12(14)2;1-11-7-6-8-12(2)14(11)13-9-4-3-5-10-13;1-11-8-12(2)10-14(9-11)13-6-4-3-5-7-13;1-9-3-5-12-8-10(2)4-6-11(12)7-9;1-9-5-3-8-12-10(2)6-4-7-11(9)12/h3*3-10H,1-2H3;2*3-8H,1-2H3. The predicted molar refractivity (Wildman–Crippen MR) is 291 cm³/mol. The van der Waals surface area contributed by atoms with E-state index in [0.29, 0.717) is 0 Å². The van der Waals surface area contributed by atoms with Crippen LogP contribution in [0.5, 0.6) is 0 Å². The van der Waals surface area contributed by atoms with E-state index in [0.717, 1.165) is 0 Å². The SMILES string of the molecule is Cc1cc(C)cc(-c2ccccc2)c1.Cc1ccc2cc(C)ccc2c1.Cc1cccc(-c2ccccc2C)c1.Cc1cccc(C)c1-c1ccccc1.Cc1cccc2c(C)cccc12. The first kappa shape index (κ1) is 48.2. The van der Waals surface area contributed by atoms with E-state index in [1.165, 1.54) is 111 Å². The Hall–Kier alpha value is -7.28. The molecule has 0 atom stereocenters. The van der Waals surface area contributed by atoms with Gasteiger partial charge in [0.25, 0.3) is 0 Å². The average Bonchev–Trinajstić information content (AvgIpc) is 3.31. The Morgan fingerprint density at radius 3 is 1.12 bits per heavy atom. The van der Waals surface area contributed by atoms with Gasteiger partial charge in [0.05, 0.1) is 0 Å². The second kappa shape index (κ2) is 23.6. The highest BCUT2D eigenvalue weighted by Gasteiger charge is 2.04. The number of aryl methyl sites for hydroxylation is 10. The zero-order valence-electron chi connectivity index (χ0n) is 40.8. The molecule has 0 bridgehead atoms. The van der Waals surface area contributed by atoms with Crippen LogP contribution in [0.2, 0.25) is 0 Å². The summed E-state index contributed by atoms with van der Waals surface area (Å²) in [6.45, 7) is 21.4. The van der Waals surface area contributed by atoms with E-state index in [-0.39, 0.29) is 0 Å². The highest BCUT2D eigenvalue weighted by atomic mass is 14.1. The Balaban J connectivity index is 0.000000137. The summed E-state index contributed by atoms with van der Waals surface area (Å²) in [6, 6.07) is 77.2. The molecule has 0 aromatic heterocycles.